The number of anilines is 1. The molecular formula is C18H21ClN8O2. The highest BCUT2D eigenvalue weighted by Crippen LogP contribution is 2.30. The lowest BCUT2D eigenvalue weighted by Gasteiger charge is -2.24. The maximum atomic E-state index is 12.4. The third-order valence-electron chi connectivity index (χ3n) is 4.55. The van der Waals surface area contributed by atoms with Crippen LogP contribution < -0.4 is 5.73 Å². The molecule has 152 valence electrons. The van der Waals surface area contributed by atoms with Crippen molar-refractivity contribution in [2.45, 2.75) is 38.8 Å². The van der Waals surface area contributed by atoms with E-state index in [-0.39, 0.29) is 23.4 Å². The van der Waals surface area contributed by atoms with E-state index in [0.29, 0.717) is 35.5 Å². The number of likely N-dealkylation sites (tertiary alicyclic amines) is 1. The number of hydrogen-bond donors (Lipinski definition) is 1. The predicted molar refractivity (Wildman–Crippen MR) is 107 cm³/mol. The summed E-state index contributed by atoms with van der Waals surface area (Å²) < 4.78 is 7.40. The molecule has 10 nitrogen and oxygen atoms in total. The molecule has 4 heterocycles. The summed E-state index contributed by atoms with van der Waals surface area (Å²) in [6.07, 6.45) is 5.27. The summed E-state index contributed by atoms with van der Waals surface area (Å²) >= 11 is 6.18. The van der Waals surface area contributed by atoms with Crippen molar-refractivity contribution in [2.24, 2.45) is 0 Å². The molecule has 3 aromatic heterocycles. The van der Waals surface area contributed by atoms with E-state index in [2.05, 4.69) is 24.9 Å². The molecule has 11 heteroatoms. The van der Waals surface area contributed by atoms with Gasteiger partial charge < -0.3 is 19.9 Å². The van der Waals surface area contributed by atoms with Crippen LogP contribution in [0.25, 0.3) is 22.4 Å². The van der Waals surface area contributed by atoms with Gasteiger partial charge in [0.25, 0.3) is 0 Å². The first kappa shape index (κ1) is 19.3. The van der Waals surface area contributed by atoms with Crippen molar-refractivity contribution in [2.75, 3.05) is 18.8 Å². The van der Waals surface area contributed by atoms with Gasteiger partial charge in [0, 0.05) is 31.0 Å². The van der Waals surface area contributed by atoms with E-state index in [4.69, 9.17) is 22.1 Å². The van der Waals surface area contributed by atoms with Gasteiger partial charge in [0.05, 0.1) is 12.4 Å². The maximum absolute atomic E-state index is 12.4. The molecule has 0 saturated carbocycles. The highest BCUT2D eigenvalue weighted by atomic mass is 35.5. The number of aromatic nitrogens is 6. The molecule has 1 unspecified atom stereocenters. The summed E-state index contributed by atoms with van der Waals surface area (Å²) in [4.78, 5) is 35.2. The van der Waals surface area contributed by atoms with Crippen LogP contribution in [0.5, 0.6) is 0 Å². The topological polar surface area (TPSA) is 125 Å². The molecule has 2 N–H and O–H groups in total. The molecule has 1 aliphatic heterocycles. The van der Waals surface area contributed by atoms with Gasteiger partial charge in [0.1, 0.15) is 16.8 Å². The van der Waals surface area contributed by atoms with Crippen molar-refractivity contribution in [3.8, 4) is 11.3 Å². The third-order valence-corrected chi connectivity index (χ3v) is 4.72. The normalized spacial score (nSPS) is 17.1. The van der Waals surface area contributed by atoms with Gasteiger partial charge in [-0.05, 0) is 38.8 Å². The van der Waals surface area contributed by atoms with Crippen LogP contribution in [0.1, 0.15) is 33.2 Å². The average Bonchev–Trinajstić information content (AvgIpc) is 3.27. The van der Waals surface area contributed by atoms with E-state index in [1.807, 2.05) is 25.3 Å². The molecule has 1 atom stereocenters. The highest BCUT2D eigenvalue weighted by Gasteiger charge is 2.32. The number of rotatable bonds is 2. The van der Waals surface area contributed by atoms with E-state index in [9.17, 15) is 4.79 Å². The predicted octanol–water partition coefficient (Wildman–Crippen LogP) is 2.70. The van der Waals surface area contributed by atoms with E-state index in [0.717, 1.165) is 6.42 Å². The summed E-state index contributed by atoms with van der Waals surface area (Å²) in [7, 11) is 0. The number of ether oxygens (including phenoxy) is 1. The van der Waals surface area contributed by atoms with Crippen LogP contribution in [-0.4, -0.2) is 59.2 Å². The minimum atomic E-state index is -0.534. The Kier molecular flexibility index (Phi) is 4.73. The van der Waals surface area contributed by atoms with Gasteiger partial charge in [-0.25, -0.2) is 24.7 Å². The van der Waals surface area contributed by atoms with Crippen LogP contribution in [0.3, 0.4) is 0 Å². The monoisotopic (exact) mass is 416 g/mol. The number of fused-ring (bicyclic) bond motifs is 1. The number of imidazole rings is 1. The fraction of sp³-hybridized carbons (Fsp3) is 0.444. The summed E-state index contributed by atoms with van der Waals surface area (Å²) in [5.41, 5.74) is 7.37. The molecule has 0 radical (unpaired) electrons. The molecule has 1 fully saturated rings. The van der Waals surface area contributed by atoms with Gasteiger partial charge in [0.15, 0.2) is 5.65 Å². The number of halogens is 1. The summed E-state index contributed by atoms with van der Waals surface area (Å²) in [5.74, 6) is 0.170. The second-order valence-electron chi connectivity index (χ2n) is 7.86. The number of hydrogen-bond acceptors (Lipinski definition) is 8. The first-order valence-corrected chi connectivity index (χ1v) is 9.55. The Hall–Kier alpha value is -3.01. The summed E-state index contributed by atoms with van der Waals surface area (Å²) in [6, 6.07) is 0.00834. The Morgan fingerprint density at radius 2 is 1.97 bits per heavy atom. The largest absolute Gasteiger partial charge is 0.444 e. The van der Waals surface area contributed by atoms with Crippen LogP contribution in [0.4, 0.5) is 10.7 Å². The van der Waals surface area contributed by atoms with Crippen LogP contribution in [0.2, 0.25) is 5.28 Å². The van der Waals surface area contributed by atoms with Crippen LogP contribution in [0, 0.1) is 0 Å². The van der Waals surface area contributed by atoms with E-state index in [1.165, 1.54) is 0 Å². The van der Waals surface area contributed by atoms with Crippen molar-refractivity contribution < 1.29 is 9.53 Å². The van der Waals surface area contributed by atoms with Gasteiger partial charge in [-0.3, -0.25) is 0 Å². The lowest BCUT2D eigenvalue weighted by Crippen LogP contribution is -2.35. The Bertz CT molecular complexity index is 1060. The Morgan fingerprint density at radius 3 is 2.66 bits per heavy atom. The molecule has 1 saturated heterocycles. The SMILES string of the molecule is CC(C)(C)OC(=O)N1CCC(n2cnc3c(-c4cnc(N)nc4)nc(Cl)nc32)C1. The molecule has 0 aliphatic carbocycles. The quantitative estimate of drug-likeness (QED) is 0.632. The van der Waals surface area contributed by atoms with Gasteiger partial charge in [-0.1, -0.05) is 0 Å². The molecule has 4 rings (SSSR count). The Morgan fingerprint density at radius 1 is 1.24 bits per heavy atom. The molecule has 1 aliphatic rings. The molecular weight excluding hydrogens is 396 g/mol. The fourth-order valence-corrected chi connectivity index (χ4v) is 3.44. The number of nitrogens with zero attached hydrogens (tertiary/aromatic N) is 7. The van der Waals surface area contributed by atoms with E-state index in [1.54, 1.807) is 23.6 Å². The second kappa shape index (κ2) is 7.11. The standard InChI is InChI=1S/C18H21ClN8O2/c1-18(2,3)29-17(28)26-5-4-11(8-26)27-9-23-13-12(24-15(19)25-14(13)27)10-6-21-16(20)22-7-10/h6-7,9,11H,4-5,8H2,1-3H3,(H2,20,21,22). The Labute approximate surface area is 172 Å². The van der Waals surface area contributed by atoms with Crippen molar-refractivity contribution in [1.82, 2.24) is 34.4 Å². The van der Waals surface area contributed by atoms with Crippen molar-refractivity contribution in [3.05, 3.63) is 24.0 Å². The fourth-order valence-electron chi connectivity index (χ4n) is 3.28. The zero-order chi connectivity index (χ0) is 20.8. The lowest BCUT2D eigenvalue weighted by molar-refractivity contribution is 0.0289. The van der Waals surface area contributed by atoms with Crippen LogP contribution in [-0.2, 0) is 4.74 Å². The molecule has 3 aromatic rings. The number of nitrogen functional groups attached to an aromatic ring is 1. The number of nitrogens with two attached hydrogens (primary N) is 1. The van der Waals surface area contributed by atoms with Crippen molar-refractivity contribution in [1.29, 1.82) is 0 Å². The highest BCUT2D eigenvalue weighted by molar-refractivity contribution is 6.28. The second-order valence-corrected chi connectivity index (χ2v) is 8.20. The van der Waals surface area contributed by atoms with Crippen molar-refractivity contribution >= 4 is 34.8 Å². The summed E-state index contributed by atoms with van der Waals surface area (Å²) in [5, 5.41) is 0.0908. The minimum Gasteiger partial charge on any atom is -0.444 e. The van der Waals surface area contributed by atoms with Gasteiger partial charge in [-0.2, -0.15) is 4.98 Å². The molecule has 0 aromatic carbocycles. The van der Waals surface area contributed by atoms with Gasteiger partial charge in [-0.15, -0.1) is 0 Å². The molecule has 0 spiro atoms. The van der Waals surface area contributed by atoms with Crippen LogP contribution >= 0.6 is 11.6 Å². The average molecular weight is 417 g/mol. The zero-order valence-electron chi connectivity index (χ0n) is 16.3. The van der Waals surface area contributed by atoms with Crippen LogP contribution in [0.15, 0.2) is 18.7 Å². The Balaban J connectivity index is 1.65. The van der Waals surface area contributed by atoms with Crippen molar-refractivity contribution in [3.63, 3.8) is 0 Å². The van der Waals surface area contributed by atoms with Gasteiger partial charge in [0.2, 0.25) is 11.2 Å². The van der Waals surface area contributed by atoms with E-state index < -0.39 is 5.60 Å². The molecule has 1 amide bonds. The molecule has 0 bridgehead atoms. The third kappa shape index (κ3) is 3.93. The first-order chi connectivity index (χ1) is 13.7. The number of amides is 1. The lowest BCUT2D eigenvalue weighted by atomic mass is 10.2. The van der Waals surface area contributed by atoms with E-state index >= 15 is 0 Å². The number of carbonyl (C=O) groups is 1. The summed E-state index contributed by atoms with van der Waals surface area (Å²) in [6.45, 7) is 6.65. The smallest absolute Gasteiger partial charge is 0.410 e. The number of carbonyl (C=O) groups excluding carboxylic acids is 1. The zero-order valence-corrected chi connectivity index (χ0v) is 17.1. The minimum absolute atomic E-state index is 0.00834. The maximum Gasteiger partial charge on any atom is 0.410 e. The van der Waals surface area contributed by atoms with Gasteiger partial charge >= 0.3 is 6.09 Å². The first-order valence-electron chi connectivity index (χ1n) is 9.17. The molecule has 29 heavy (non-hydrogen) atoms.